The zero-order valence-electron chi connectivity index (χ0n) is 18.2. The lowest BCUT2D eigenvalue weighted by molar-refractivity contribution is -0.118. The first-order chi connectivity index (χ1) is 16.4. The fourth-order valence-electron chi connectivity index (χ4n) is 3.19. The largest absolute Gasteiger partial charge is 0.322 e. The molecule has 0 saturated heterocycles. The van der Waals surface area contributed by atoms with Gasteiger partial charge < -0.3 is 10.6 Å². The number of benzene rings is 3. The van der Waals surface area contributed by atoms with E-state index in [1.54, 1.807) is 43.3 Å². The van der Waals surface area contributed by atoms with Crippen LogP contribution in [-0.2, 0) is 9.59 Å². The van der Waals surface area contributed by atoms with Gasteiger partial charge in [0, 0.05) is 16.1 Å². The maximum atomic E-state index is 13.0. The number of nitrogens with zero attached hydrogens (tertiary/aromatic N) is 2. The van der Waals surface area contributed by atoms with Crippen molar-refractivity contribution < 1.29 is 18.8 Å². The molecule has 7 nitrogen and oxygen atoms in total. The molecule has 9 heteroatoms. The molecule has 1 aliphatic rings. The Morgan fingerprint density at radius 3 is 2.32 bits per heavy atom. The first-order valence-electron chi connectivity index (χ1n) is 10.5. The van der Waals surface area contributed by atoms with E-state index >= 15 is 0 Å². The van der Waals surface area contributed by atoms with Gasteiger partial charge in [-0.25, -0.2) is 4.39 Å². The quantitative estimate of drug-likeness (QED) is 0.515. The maximum Gasteiger partial charge on any atom is 0.255 e. The predicted molar refractivity (Wildman–Crippen MR) is 130 cm³/mol. The number of nitrogens with one attached hydrogen (secondary N) is 2. The van der Waals surface area contributed by atoms with Crippen molar-refractivity contribution in [3.8, 4) is 0 Å². The van der Waals surface area contributed by atoms with Gasteiger partial charge in [0.15, 0.2) is 0 Å². The molecule has 3 aromatic carbocycles. The molecule has 3 aromatic rings. The van der Waals surface area contributed by atoms with Crippen LogP contribution in [0.15, 0.2) is 88.9 Å². The molecular weight excluding hydrogens is 455 g/mol. The van der Waals surface area contributed by atoms with E-state index in [0.29, 0.717) is 22.8 Å². The van der Waals surface area contributed by atoms with Crippen LogP contribution in [0.25, 0.3) is 0 Å². The van der Waals surface area contributed by atoms with Gasteiger partial charge in [0.25, 0.3) is 11.8 Å². The van der Waals surface area contributed by atoms with E-state index in [9.17, 15) is 18.8 Å². The third-order valence-electron chi connectivity index (χ3n) is 4.94. The van der Waals surface area contributed by atoms with E-state index in [0.717, 1.165) is 4.90 Å². The van der Waals surface area contributed by atoms with Crippen LogP contribution in [0.2, 0.25) is 0 Å². The van der Waals surface area contributed by atoms with Crippen molar-refractivity contribution in [2.24, 2.45) is 5.10 Å². The molecule has 0 bridgehead atoms. The number of halogens is 1. The maximum absolute atomic E-state index is 13.0. The van der Waals surface area contributed by atoms with Crippen LogP contribution in [0.4, 0.5) is 15.8 Å². The van der Waals surface area contributed by atoms with Crippen molar-refractivity contribution in [2.75, 3.05) is 10.3 Å². The van der Waals surface area contributed by atoms with Gasteiger partial charge in [0.1, 0.15) is 11.7 Å². The average molecular weight is 477 g/mol. The average Bonchev–Trinajstić information content (AvgIpc) is 3.21. The summed E-state index contributed by atoms with van der Waals surface area (Å²) in [5.41, 5.74) is 1.57. The number of hydrazone groups is 1. The van der Waals surface area contributed by atoms with Crippen LogP contribution >= 0.6 is 11.8 Å². The fourth-order valence-corrected chi connectivity index (χ4v) is 4.06. The first kappa shape index (κ1) is 23.2. The molecule has 0 aliphatic carbocycles. The van der Waals surface area contributed by atoms with Crippen molar-refractivity contribution >= 4 is 46.7 Å². The van der Waals surface area contributed by atoms with Crippen LogP contribution in [0, 0.1) is 5.82 Å². The molecule has 0 aromatic heterocycles. The Labute approximate surface area is 200 Å². The molecule has 0 spiro atoms. The molecule has 0 saturated carbocycles. The van der Waals surface area contributed by atoms with E-state index in [-0.39, 0.29) is 24.1 Å². The third kappa shape index (κ3) is 5.68. The van der Waals surface area contributed by atoms with Crippen molar-refractivity contribution in [2.45, 2.75) is 23.5 Å². The van der Waals surface area contributed by atoms with Gasteiger partial charge in [0.05, 0.1) is 17.4 Å². The van der Waals surface area contributed by atoms with Crippen molar-refractivity contribution in [1.29, 1.82) is 0 Å². The Morgan fingerprint density at radius 1 is 0.971 bits per heavy atom. The topological polar surface area (TPSA) is 90.9 Å². The zero-order valence-corrected chi connectivity index (χ0v) is 19.0. The Balaban J connectivity index is 1.31. The second-order valence-electron chi connectivity index (χ2n) is 7.50. The van der Waals surface area contributed by atoms with E-state index in [1.807, 2.05) is 18.2 Å². The Morgan fingerprint density at radius 2 is 1.65 bits per heavy atom. The SMILES string of the molecule is CC(Sc1ccc(NC(=O)c2ccc(F)cc2)cc1)C(=O)NC1=NN(c2ccccc2)C(=O)C1. The molecule has 172 valence electrons. The molecule has 1 unspecified atom stereocenters. The number of amides is 3. The van der Waals surface area contributed by atoms with Gasteiger partial charge in [-0.15, -0.1) is 11.8 Å². The lowest BCUT2D eigenvalue weighted by atomic mass is 10.2. The first-order valence-corrected chi connectivity index (χ1v) is 11.4. The zero-order chi connectivity index (χ0) is 24.1. The molecule has 1 aliphatic heterocycles. The highest BCUT2D eigenvalue weighted by Gasteiger charge is 2.27. The fraction of sp³-hybridized carbons (Fsp3) is 0.120. The molecule has 3 amide bonds. The lowest BCUT2D eigenvalue weighted by Gasteiger charge is -2.12. The second-order valence-corrected chi connectivity index (χ2v) is 8.91. The summed E-state index contributed by atoms with van der Waals surface area (Å²) in [5, 5.41) is 10.6. The third-order valence-corrected chi connectivity index (χ3v) is 6.06. The molecule has 0 radical (unpaired) electrons. The monoisotopic (exact) mass is 476 g/mol. The Bertz CT molecular complexity index is 1230. The number of carbonyl (C=O) groups is 3. The lowest BCUT2D eigenvalue weighted by Crippen LogP contribution is -2.35. The van der Waals surface area contributed by atoms with Gasteiger partial charge in [-0.2, -0.15) is 10.1 Å². The van der Waals surface area contributed by atoms with Crippen molar-refractivity contribution in [3.63, 3.8) is 0 Å². The molecule has 2 N–H and O–H groups in total. The molecule has 0 fully saturated rings. The molecule has 4 rings (SSSR count). The number of rotatable bonds is 6. The number of hydrogen-bond acceptors (Lipinski definition) is 5. The van der Waals surface area contributed by atoms with Crippen LogP contribution in [0.3, 0.4) is 0 Å². The molecular formula is C25H21FN4O3S. The van der Waals surface area contributed by atoms with Crippen molar-refractivity contribution in [1.82, 2.24) is 5.32 Å². The summed E-state index contributed by atoms with van der Waals surface area (Å²) >= 11 is 1.34. The van der Waals surface area contributed by atoms with E-state index < -0.39 is 11.1 Å². The highest BCUT2D eigenvalue weighted by atomic mass is 32.2. The van der Waals surface area contributed by atoms with Crippen LogP contribution in [0.5, 0.6) is 0 Å². The van der Waals surface area contributed by atoms with Crippen LogP contribution in [0.1, 0.15) is 23.7 Å². The number of amidine groups is 1. The number of hydrogen-bond donors (Lipinski definition) is 2. The summed E-state index contributed by atoms with van der Waals surface area (Å²) in [4.78, 5) is 37.9. The molecule has 1 atom stereocenters. The minimum Gasteiger partial charge on any atom is -0.322 e. The number of para-hydroxylation sites is 1. The minimum absolute atomic E-state index is 0.0282. The van der Waals surface area contributed by atoms with Gasteiger partial charge in [-0.05, 0) is 67.6 Å². The van der Waals surface area contributed by atoms with Crippen LogP contribution in [-0.4, -0.2) is 28.8 Å². The summed E-state index contributed by atoms with van der Waals surface area (Å²) in [6.07, 6.45) is 0.0282. The van der Waals surface area contributed by atoms with E-state index in [4.69, 9.17) is 0 Å². The number of anilines is 2. The normalized spacial score (nSPS) is 13.9. The van der Waals surface area contributed by atoms with Crippen LogP contribution < -0.4 is 15.6 Å². The summed E-state index contributed by atoms with van der Waals surface area (Å²) in [7, 11) is 0. The summed E-state index contributed by atoms with van der Waals surface area (Å²) in [5.74, 6) is -0.911. The standard InChI is InChI=1S/C25H21FN4O3S/c1-16(24(32)28-22-15-23(31)30(29-22)20-5-3-2-4-6-20)34-21-13-11-19(12-14-21)27-25(33)17-7-9-18(26)10-8-17/h2-14,16H,15H2,1H3,(H,27,33)(H,28,29,32). The highest BCUT2D eigenvalue weighted by Crippen LogP contribution is 2.25. The number of thioether (sulfide) groups is 1. The molecule has 1 heterocycles. The van der Waals surface area contributed by atoms with Crippen molar-refractivity contribution in [3.05, 3.63) is 90.2 Å². The van der Waals surface area contributed by atoms with Gasteiger partial charge in [0.2, 0.25) is 5.91 Å². The highest BCUT2D eigenvalue weighted by molar-refractivity contribution is 8.00. The second kappa shape index (κ2) is 10.3. The Kier molecular flexibility index (Phi) is 7.03. The van der Waals surface area contributed by atoms with Gasteiger partial charge in [-0.1, -0.05) is 18.2 Å². The summed E-state index contributed by atoms with van der Waals surface area (Å²) < 4.78 is 13.0. The Hall–Kier alpha value is -3.98. The van der Waals surface area contributed by atoms with E-state index in [2.05, 4.69) is 15.7 Å². The molecule has 34 heavy (non-hydrogen) atoms. The number of carbonyl (C=O) groups excluding carboxylic acids is 3. The van der Waals surface area contributed by atoms with Gasteiger partial charge >= 0.3 is 0 Å². The predicted octanol–water partition coefficient (Wildman–Crippen LogP) is 4.43. The van der Waals surface area contributed by atoms with Gasteiger partial charge in [-0.3, -0.25) is 14.4 Å². The minimum atomic E-state index is -0.441. The van der Waals surface area contributed by atoms with E-state index in [1.165, 1.54) is 41.0 Å². The smallest absolute Gasteiger partial charge is 0.255 e. The summed E-state index contributed by atoms with van der Waals surface area (Å²) in [6.45, 7) is 1.76. The summed E-state index contributed by atoms with van der Waals surface area (Å²) in [6, 6.07) is 21.4.